The zero-order valence-corrected chi connectivity index (χ0v) is 13.4. The van der Waals surface area contributed by atoms with Crippen LogP contribution in [-0.4, -0.2) is 46.0 Å². The van der Waals surface area contributed by atoms with E-state index in [1.54, 1.807) is 7.11 Å². The fourth-order valence-electron chi connectivity index (χ4n) is 1.89. The largest absolute Gasteiger partial charge is 0.385 e. The average Bonchev–Trinajstić information content (AvgIpc) is 2.63. The van der Waals surface area contributed by atoms with Crippen LogP contribution in [0, 0.1) is 10.1 Å². The lowest BCUT2D eigenvalue weighted by Crippen LogP contribution is -2.30. The Morgan fingerprint density at radius 1 is 1.28 bits per heavy atom. The highest BCUT2D eigenvalue weighted by atomic mass is 16.6. The van der Waals surface area contributed by atoms with Crippen molar-refractivity contribution in [3.8, 4) is 0 Å². The molecule has 11 nitrogen and oxygen atoms in total. The van der Waals surface area contributed by atoms with E-state index in [-0.39, 0.29) is 17.3 Å². The van der Waals surface area contributed by atoms with E-state index in [2.05, 4.69) is 31.1 Å². The average molecular weight is 347 g/mol. The lowest BCUT2D eigenvalue weighted by Gasteiger charge is -2.10. The van der Waals surface area contributed by atoms with E-state index in [9.17, 15) is 14.9 Å². The first-order valence-electron chi connectivity index (χ1n) is 7.32. The number of pyridine rings is 1. The summed E-state index contributed by atoms with van der Waals surface area (Å²) >= 11 is 0. The molecule has 0 saturated carbocycles. The van der Waals surface area contributed by atoms with Crippen molar-refractivity contribution in [2.45, 2.75) is 6.42 Å². The third kappa shape index (κ3) is 5.07. The number of hydrogen-bond acceptors (Lipinski definition) is 9. The van der Waals surface area contributed by atoms with E-state index in [0.717, 1.165) is 6.33 Å². The molecule has 0 bridgehead atoms. The van der Waals surface area contributed by atoms with Crippen LogP contribution in [0.1, 0.15) is 16.8 Å². The third-order valence-electron chi connectivity index (χ3n) is 3.06. The second-order valence-corrected chi connectivity index (χ2v) is 4.76. The highest BCUT2D eigenvalue weighted by Gasteiger charge is 2.23. The summed E-state index contributed by atoms with van der Waals surface area (Å²) in [5.74, 6) is -0.557. The molecule has 0 radical (unpaired) electrons. The molecule has 0 atom stereocenters. The van der Waals surface area contributed by atoms with Crippen molar-refractivity contribution in [3.63, 3.8) is 0 Å². The lowest BCUT2D eigenvalue weighted by molar-refractivity contribution is -0.383. The molecule has 25 heavy (non-hydrogen) atoms. The summed E-state index contributed by atoms with van der Waals surface area (Å²) in [5, 5.41) is 14.2. The maximum Gasteiger partial charge on any atom is 0.354 e. The molecule has 1 amide bonds. The zero-order valence-electron chi connectivity index (χ0n) is 13.4. The van der Waals surface area contributed by atoms with E-state index in [0.29, 0.717) is 25.1 Å². The molecule has 0 aliphatic carbocycles. The fraction of sp³-hybridized carbons (Fsp3) is 0.286. The van der Waals surface area contributed by atoms with Gasteiger partial charge in [-0.15, -0.1) is 0 Å². The molecule has 2 rings (SSSR count). The Kier molecular flexibility index (Phi) is 6.54. The summed E-state index contributed by atoms with van der Waals surface area (Å²) in [6.07, 6.45) is 4.74. The Morgan fingerprint density at radius 2 is 2.00 bits per heavy atom. The van der Waals surface area contributed by atoms with Gasteiger partial charge < -0.3 is 10.1 Å². The van der Waals surface area contributed by atoms with Gasteiger partial charge in [0.2, 0.25) is 11.6 Å². The molecule has 11 heteroatoms. The number of nitrogens with zero attached hydrogens (tertiary/aromatic N) is 4. The van der Waals surface area contributed by atoms with Crippen molar-refractivity contribution in [1.82, 2.24) is 20.4 Å². The Bertz CT molecular complexity index is 726. The minimum absolute atomic E-state index is 0.0526. The maximum atomic E-state index is 12.0. The van der Waals surface area contributed by atoms with Crippen molar-refractivity contribution in [3.05, 3.63) is 46.5 Å². The highest BCUT2D eigenvalue weighted by molar-refractivity contribution is 5.94. The topological polar surface area (TPSA) is 144 Å². The number of amides is 1. The number of hydrazine groups is 1. The van der Waals surface area contributed by atoms with E-state index in [1.807, 2.05) is 0 Å². The molecule has 0 saturated heterocycles. The molecule has 2 heterocycles. The van der Waals surface area contributed by atoms with Crippen LogP contribution in [0.3, 0.4) is 0 Å². The number of hydrogen-bond donors (Lipinski definition) is 3. The van der Waals surface area contributed by atoms with Gasteiger partial charge in [0.15, 0.2) is 0 Å². The molecule has 0 fully saturated rings. The summed E-state index contributed by atoms with van der Waals surface area (Å²) < 4.78 is 4.92. The predicted octanol–water partition coefficient (Wildman–Crippen LogP) is 0.985. The van der Waals surface area contributed by atoms with Gasteiger partial charge in [-0.2, -0.15) is 0 Å². The minimum atomic E-state index is -0.625. The number of methoxy groups -OCH3 is 1. The van der Waals surface area contributed by atoms with Crippen LogP contribution < -0.4 is 16.2 Å². The number of rotatable bonds is 9. The normalized spacial score (nSPS) is 10.1. The van der Waals surface area contributed by atoms with Gasteiger partial charge in [-0.25, -0.2) is 9.97 Å². The smallest absolute Gasteiger partial charge is 0.354 e. The summed E-state index contributed by atoms with van der Waals surface area (Å²) in [6.45, 7) is 0.952. The molecule has 132 valence electrons. The summed E-state index contributed by atoms with van der Waals surface area (Å²) in [6, 6.07) is 3.02. The number of ether oxygens (including phenoxy) is 1. The molecule has 3 N–H and O–H groups in total. The van der Waals surface area contributed by atoms with Crippen molar-refractivity contribution in [2.75, 3.05) is 31.0 Å². The Balaban J connectivity index is 2.09. The summed E-state index contributed by atoms with van der Waals surface area (Å²) in [5.41, 5.74) is 4.79. The maximum absolute atomic E-state index is 12.0. The van der Waals surface area contributed by atoms with Crippen LogP contribution in [0.15, 0.2) is 30.9 Å². The fourth-order valence-corrected chi connectivity index (χ4v) is 1.89. The SMILES string of the molecule is COCCCNc1ncnc(NNC(=O)c2ccncc2)c1[N+](=O)[O-]. The van der Waals surface area contributed by atoms with Crippen molar-refractivity contribution in [2.24, 2.45) is 0 Å². The van der Waals surface area contributed by atoms with Gasteiger partial charge in [-0.1, -0.05) is 0 Å². The number of carbonyl (C=O) groups excluding carboxylic acids is 1. The molecule has 2 aromatic rings. The molecular weight excluding hydrogens is 330 g/mol. The van der Waals surface area contributed by atoms with Gasteiger partial charge in [0.05, 0.1) is 4.92 Å². The standard InChI is InChI=1S/C14H17N7O4/c1-25-8-2-5-16-12-11(21(23)24)13(18-9-17-12)19-20-14(22)10-3-6-15-7-4-10/h3-4,6-7,9H,2,5,8H2,1H3,(H,20,22)(H2,16,17,18,19). The van der Waals surface area contributed by atoms with E-state index in [1.165, 1.54) is 24.5 Å². The molecule has 0 aromatic carbocycles. The first-order valence-corrected chi connectivity index (χ1v) is 7.32. The first kappa shape index (κ1) is 18.0. The number of anilines is 2. The minimum Gasteiger partial charge on any atom is -0.385 e. The van der Waals surface area contributed by atoms with Crippen molar-refractivity contribution < 1.29 is 14.5 Å². The van der Waals surface area contributed by atoms with Gasteiger partial charge in [0.1, 0.15) is 6.33 Å². The zero-order chi connectivity index (χ0) is 18.1. The van der Waals surface area contributed by atoms with Crippen LogP contribution in [0.25, 0.3) is 0 Å². The Labute approximate surface area is 143 Å². The van der Waals surface area contributed by atoms with E-state index in [4.69, 9.17) is 4.74 Å². The first-order chi connectivity index (χ1) is 12.1. The van der Waals surface area contributed by atoms with E-state index < -0.39 is 10.8 Å². The monoisotopic (exact) mass is 347 g/mol. The highest BCUT2D eigenvalue weighted by Crippen LogP contribution is 2.28. The van der Waals surface area contributed by atoms with Crippen LogP contribution in [0.2, 0.25) is 0 Å². The predicted molar refractivity (Wildman–Crippen MR) is 89.0 cm³/mol. The summed E-state index contributed by atoms with van der Waals surface area (Å²) in [7, 11) is 1.57. The molecule has 0 spiro atoms. The third-order valence-corrected chi connectivity index (χ3v) is 3.06. The number of nitrogens with one attached hydrogen (secondary N) is 3. The molecular formula is C14H17N7O4. The molecule has 0 unspecified atom stereocenters. The molecule has 2 aromatic heterocycles. The van der Waals surface area contributed by atoms with Crippen molar-refractivity contribution in [1.29, 1.82) is 0 Å². The van der Waals surface area contributed by atoms with Gasteiger partial charge >= 0.3 is 5.69 Å². The van der Waals surface area contributed by atoms with Crippen molar-refractivity contribution >= 4 is 23.2 Å². The second kappa shape index (κ2) is 9.08. The van der Waals surface area contributed by atoms with Crippen LogP contribution in [0.5, 0.6) is 0 Å². The van der Waals surface area contributed by atoms with Crippen LogP contribution >= 0.6 is 0 Å². The van der Waals surface area contributed by atoms with E-state index >= 15 is 0 Å². The molecule has 0 aliphatic rings. The Morgan fingerprint density at radius 3 is 2.68 bits per heavy atom. The van der Waals surface area contributed by atoms with Crippen LogP contribution in [0.4, 0.5) is 17.3 Å². The quantitative estimate of drug-likeness (QED) is 0.343. The van der Waals surface area contributed by atoms with Gasteiger partial charge in [-0.05, 0) is 18.6 Å². The number of nitro groups is 1. The van der Waals surface area contributed by atoms with Gasteiger partial charge in [-0.3, -0.25) is 30.7 Å². The number of aromatic nitrogens is 3. The van der Waals surface area contributed by atoms with Gasteiger partial charge in [0, 0.05) is 38.2 Å². The second-order valence-electron chi connectivity index (χ2n) is 4.76. The number of carbonyl (C=O) groups is 1. The Hall–Kier alpha value is -3.34. The van der Waals surface area contributed by atoms with Crippen LogP contribution in [-0.2, 0) is 4.74 Å². The lowest BCUT2D eigenvalue weighted by atomic mass is 10.3. The summed E-state index contributed by atoms with van der Waals surface area (Å²) in [4.78, 5) is 34.2. The molecule has 0 aliphatic heterocycles. The van der Waals surface area contributed by atoms with Gasteiger partial charge in [0.25, 0.3) is 5.91 Å².